The lowest BCUT2D eigenvalue weighted by atomic mass is 9.85. The summed E-state index contributed by atoms with van der Waals surface area (Å²) in [6.07, 6.45) is 55.2. The number of phosphoric acid groups is 1. The van der Waals surface area contributed by atoms with Crippen molar-refractivity contribution in [3.8, 4) is 0 Å². The lowest BCUT2D eigenvalue weighted by Crippen LogP contribution is -2.64. The molecule has 0 spiro atoms. The molecule has 6 N–H and O–H groups in total. The first-order valence-electron chi connectivity index (χ1n) is 26.0. The molecule has 0 aromatic rings. The van der Waals surface area contributed by atoms with Crippen LogP contribution in [0.3, 0.4) is 0 Å². The molecular weight excluding hydrogens is 908 g/mol. The number of carbonyl (C=O) groups is 1. The molecule has 1 aliphatic rings. The molecule has 0 aromatic heterocycles. The third kappa shape index (κ3) is 36.4. The molecule has 1 fully saturated rings. The molecule has 0 radical (unpaired) electrons. The topological polar surface area (TPSA) is 192 Å². The van der Waals surface area contributed by atoms with E-state index >= 15 is 0 Å². The summed E-state index contributed by atoms with van der Waals surface area (Å²) >= 11 is 0. The Hall–Kier alpha value is -3.52. The highest BCUT2D eigenvalue weighted by atomic mass is 31.2. The number of allylic oxidation sites excluding steroid dienone is 22. The number of aliphatic hydroxyl groups is 5. The number of esters is 1. The monoisotopic (exact) mass is 999 g/mol. The van der Waals surface area contributed by atoms with Gasteiger partial charge >= 0.3 is 13.8 Å². The summed E-state index contributed by atoms with van der Waals surface area (Å²) in [4.78, 5) is 23.3. The molecule has 0 aliphatic heterocycles. The fraction of sp³-hybridized carbons (Fsp3) is 0.596. The number of carbonyl (C=O) groups excluding carboxylic acids is 1. The smallest absolute Gasteiger partial charge is 0.457 e. The highest BCUT2D eigenvalue weighted by Gasteiger charge is 2.51. The zero-order chi connectivity index (χ0) is 51.2. The van der Waals surface area contributed by atoms with E-state index in [0.717, 1.165) is 122 Å². The second-order valence-electron chi connectivity index (χ2n) is 17.3. The summed E-state index contributed by atoms with van der Waals surface area (Å²) in [6, 6.07) is 0. The first-order chi connectivity index (χ1) is 34.0. The minimum absolute atomic E-state index is 0.132. The molecule has 1 aliphatic carbocycles. The van der Waals surface area contributed by atoms with Gasteiger partial charge in [-0.05, 0) is 103 Å². The summed E-state index contributed by atoms with van der Waals surface area (Å²) in [7, 11) is -5.05. The van der Waals surface area contributed by atoms with Crippen molar-refractivity contribution in [2.45, 2.75) is 198 Å². The number of hydrogen-bond donors (Lipinski definition) is 6. The number of ether oxygens (including phenoxy) is 2. The van der Waals surface area contributed by atoms with Gasteiger partial charge in [0.1, 0.15) is 42.7 Å². The Bertz CT molecular complexity index is 1660. The molecule has 1 rings (SSSR count). The Balaban J connectivity index is 2.41. The van der Waals surface area contributed by atoms with Crippen LogP contribution in [0.5, 0.6) is 0 Å². The van der Waals surface area contributed by atoms with Gasteiger partial charge in [-0.15, -0.1) is 0 Å². The van der Waals surface area contributed by atoms with Crippen LogP contribution in [0, 0.1) is 0 Å². The number of unbranched alkanes of at least 4 members (excludes halogenated alkanes) is 8. The Kier molecular flexibility index (Phi) is 41.8. The predicted octanol–water partition coefficient (Wildman–Crippen LogP) is 12.0. The molecule has 6 unspecified atom stereocenters. The van der Waals surface area contributed by atoms with Crippen LogP contribution in [0.1, 0.15) is 155 Å². The maximum Gasteiger partial charge on any atom is 0.472 e. The zero-order valence-electron chi connectivity index (χ0n) is 42.5. The van der Waals surface area contributed by atoms with Gasteiger partial charge in [-0.1, -0.05) is 180 Å². The van der Waals surface area contributed by atoms with Crippen molar-refractivity contribution in [2.24, 2.45) is 0 Å². The maximum atomic E-state index is 12.9. The van der Waals surface area contributed by atoms with E-state index in [1.807, 2.05) is 0 Å². The van der Waals surface area contributed by atoms with Crippen LogP contribution in [0.25, 0.3) is 0 Å². The molecule has 0 bridgehead atoms. The van der Waals surface area contributed by atoms with E-state index in [1.54, 1.807) is 0 Å². The van der Waals surface area contributed by atoms with Gasteiger partial charge in [0, 0.05) is 13.0 Å². The summed E-state index contributed by atoms with van der Waals surface area (Å²) in [6.45, 7) is 3.86. The first kappa shape index (κ1) is 64.5. The third-order valence-corrected chi connectivity index (χ3v) is 12.0. The Morgan fingerprint density at radius 2 is 0.800 bits per heavy atom. The van der Waals surface area contributed by atoms with E-state index in [2.05, 4.69) is 148 Å². The molecule has 0 amide bonds. The normalized spacial score (nSPS) is 22.0. The molecule has 0 heterocycles. The standard InChI is InChI=1S/C57H91O12P/c1-3-5-7-9-11-13-15-17-19-21-23-25-26-27-28-30-32-34-36-38-40-42-44-46-51(58)68-50(49-67-70(64,65)69-57-55(62)53(60)52(59)54(61)56(57)63)48-66-47-45-43-41-39-37-35-33-31-29-24-22-20-18-16-14-12-10-8-6-4-2/h5-8,11-14,17-20,23-25,27-29,33,35,39,41,50,52-57,59-63H,3-4,9-10,15-16,21-22,26,30-32,34,36-38,40,42-49H2,1-2H3,(H,64,65)/b7-5-,8-6-,13-11-,14-12-,19-17-,20-18-,25-23-,28-27-,29-24-,35-33-,41-39-. The Labute approximate surface area is 422 Å². The third-order valence-electron chi connectivity index (χ3n) is 11.0. The quantitative estimate of drug-likeness (QED) is 0.0147. The fourth-order valence-corrected chi connectivity index (χ4v) is 7.96. The number of phosphoric ester groups is 1. The molecular formula is C57H91O12P. The van der Waals surface area contributed by atoms with E-state index < -0.39 is 63.1 Å². The summed E-state index contributed by atoms with van der Waals surface area (Å²) < 4.78 is 34.2. The van der Waals surface area contributed by atoms with Gasteiger partial charge in [0.05, 0.1) is 13.2 Å². The lowest BCUT2D eigenvalue weighted by Gasteiger charge is -2.41. The predicted molar refractivity (Wildman–Crippen MR) is 285 cm³/mol. The van der Waals surface area contributed by atoms with Crippen molar-refractivity contribution >= 4 is 13.8 Å². The van der Waals surface area contributed by atoms with Gasteiger partial charge < -0.3 is 39.9 Å². The SMILES string of the molecule is CC/C=C\C/C=C\C/C=C\C/C=C\C/C=C\C/C=C\CCCOCC(COP(=O)(O)OC1C(O)C(O)C(O)C(O)C1O)OC(=O)CCCCCCCCC/C=C\C/C=C\C/C=C\C/C=C\C/C=C\CC. The van der Waals surface area contributed by atoms with Crippen molar-refractivity contribution in [2.75, 3.05) is 19.8 Å². The van der Waals surface area contributed by atoms with Crippen LogP contribution in [-0.4, -0.2) is 98.9 Å². The van der Waals surface area contributed by atoms with Gasteiger partial charge in [0.15, 0.2) is 0 Å². The van der Waals surface area contributed by atoms with Crippen LogP contribution in [0.15, 0.2) is 134 Å². The Morgan fingerprint density at radius 1 is 0.457 bits per heavy atom. The van der Waals surface area contributed by atoms with E-state index in [0.29, 0.717) is 19.4 Å². The largest absolute Gasteiger partial charge is 0.472 e. The average Bonchev–Trinajstić information content (AvgIpc) is 3.35. The summed E-state index contributed by atoms with van der Waals surface area (Å²) in [5, 5.41) is 50.3. The van der Waals surface area contributed by atoms with Gasteiger partial charge in [-0.2, -0.15) is 0 Å². The van der Waals surface area contributed by atoms with E-state index in [9.17, 15) is 39.8 Å². The van der Waals surface area contributed by atoms with Crippen molar-refractivity contribution in [1.29, 1.82) is 0 Å². The van der Waals surface area contributed by atoms with Crippen LogP contribution in [0.2, 0.25) is 0 Å². The molecule has 0 aromatic carbocycles. The number of rotatable bonds is 42. The molecule has 13 heteroatoms. The lowest BCUT2D eigenvalue weighted by molar-refractivity contribution is -0.220. The Morgan fingerprint density at radius 3 is 1.21 bits per heavy atom. The minimum Gasteiger partial charge on any atom is -0.457 e. The van der Waals surface area contributed by atoms with E-state index in [1.165, 1.54) is 0 Å². The summed E-state index contributed by atoms with van der Waals surface area (Å²) in [5.41, 5.74) is 0. The van der Waals surface area contributed by atoms with Gasteiger partial charge in [-0.25, -0.2) is 4.57 Å². The van der Waals surface area contributed by atoms with Crippen molar-refractivity contribution in [1.82, 2.24) is 0 Å². The van der Waals surface area contributed by atoms with Gasteiger partial charge in [-0.3, -0.25) is 13.8 Å². The first-order valence-corrected chi connectivity index (χ1v) is 27.5. The van der Waals surface area contributed by atoms with E-state index in [-0.39, 0.29) is 13.0 Å². The molecule has 6 atom stereocenters. The zero-order valence-corrected chi connectivity index (χ0v) is 43.4. The van der Waals surface area contributed by atoms with Crippen LogP contribution in [0.4, 0.5) is 0 Å². The number of hydrogen-bond acceptors (Lipinski definition) is 11. The van der Waals surface area contributed by atoms with Gasteiger partial charge in [0.2, 0.25) is 0 Å². The molecule has 1 saturated carbocycles. The molecule has 12 nitrogen and oxygen atoms in total. The number of aliphatic hydroxyl groups excluding tert-OH is 5. The van der Waals surface area contributed by atoms with Crippen molar-refractivity contribution in [3.05, 3.63) is 134 Å². The molecule has 0 saturated heterocycles. The van der Waals surface area contributed by atoms with Crippen molar-refractivity contribution < 1.29 is 58.3 Å². The highest BCUT2D eigenvalue weighted by molar-refractivity contribution is 7.47. The van der Waals surface area contributed by atoms with Crippen LogP contribution < -0.4 is 0 Å². The molecule has 70 heavy (non-hydrogen) atoms. The highest BCUT2D eigenvalue weighted by Crippen LogP contribution is 2.47. The second-order valence-corrected chi connectivity index (χ2v) is 18.7. The molecule has 396 valence electrons. The van der Waals surface area contributed by atoms with Crippen molar-refractivity contribution in [3.63, 3.8) is 0 Å². The second kappa shape index (κ2) is 45.4. The average molecular weight is 999 g/mol. The van der Waals surface area contributed by atoms with Crippen LogP contribution >= 0.6 is 7.82 Å². The van der Waals surface area contributed by atoms with Crippen LogP contribution in [-0.2, 0) is 27.9 Å². The maximum absolute atomic E-state index is 12.9. The van der Waals surface area contributed by atoms with E-state index in [4.69, 9.17) is 18.5 Å². The van der Waals surface area contributed by atoms with Gasteiger partial charge in [0.25, 0.3) is 0 Å². The summed E-state index contributed by atoms with van der Waals surface area (Å²) in [5.74, 6) is -0.515. The minimum atomic E-state index is -5.05. The fourth-order valence-electron chi connectivity index (χ4n) is 6.99.